The number of benzene rings is 1. The van der Waals surface area contributed by atoms with Gasteiger partial charge in [-0.15, -0.1) is 23.2 Å². The van der Waals surface area contributed by atoms with Gasteiger partial charge in [-0.05, 0) is 26.3 Å². The van der Waals surface area contributed by atoms with Crippen molar-refractivity contribution in [2.45, 2.75) is 37.1 Å². The molecular formula is C15H19Cl2NO. The molecule has 1 fully saturated rings. The van der Waals surface area contributed by atoms with Gasteiger partial charge in [-0.25, -0.2) is 0 Å². The Kier molecular flexibility index (Phi) is 3.85. The van der Waals surface area contributed by atoms with Crippen molar-refractivity contribution in [1.82, 2.24) is 4.90 Å². The summed E-state index contributed by atoms with van der Waals surface area (Å²) >= 11 is 12.8. The zero-order valence-corrected chi connectivity index (χ0v) is 13.0. The number of halogens is 2. The van der Waals surface area contributed by atoms with Crippen LogP contribution in [0.2, 0.25) is 0 Å². The van der Waals surface area contributed by atoms with E-state index >= 15 is 0 Å². The molecule has 0 bridgehead atoms. The molecule has 1 saturated heterocycles. The van der Waals surface area contributed by atoms with Gasteiger partial charge in [0.15, 0.2) is 0 Å². The molecule has 104 valence electrons. The number of alkyl halides is 2. The van der Waals surface area contributed by atoms with E-state index < -0.39 is 9.75 Å². The number of amides is 1. The third kappa shape index (κ3) is 2.90. The molecule has 0 unspecified atom stereocenters. The van der Waals surface area contributed by atoms with Gasteiger partial charge in [-0.1, -0.05) is 30.3 Å². The van der Waals surface area contributed by atoms with E-state index in [0.29, 0.717) is 13.1 Å². The molecule has 1 heterocycles. The molecule has 0 saturated carbocycles. The van der Waals surface area contributed by atoms with E-state index in [0.717, 1.165) is 5.56 Å². The van der Waals surface area contributed by atoms with Crippen molar-refractivity contribution in [3.8, 4) is 0 Å². The summed E-state index contributed by atoms with van der Waals surface area (Å²) in [5.41, 5.74) is 1.11. The average Bonchev–Trinajstić information content (AvgIpc) is 2.54. The highest BCUT2D eigenvalue weighted by Crippen LogP contribution is 2.44. The van der Waals surface area contributed by atoms with Gasteiger partial charge in [0.05, 0.1) is 0 Å². The Morgan fingerprint density at radius 3 is 2.42 bits per heavy atom. The molecule has 19 heavy (non-hydrogen) atoms. The van der Waals surface area contributed by atoms with Crippen LogP contribution in [0.1, 0.15) is 26.3 Å². The van der Waals surface area contributed by atoms with Gasteiger partial charge in [0.1, 0.15) is 4.87 Å². The second-order valence-corrected chi connectivity index (χ2v) is 7.62. The smallest absolute Gasteiger partial charge is 0.244 e. The van der Waals surface area contributed by atoms with Crippen molar-refractivity contribution in [2.24, 2.45) is 5.92 Å². The first kappa shape index (κ1) is 14.7. The van der Waals surface area contributed by atoms with Crippen molar-refractivity contribution < 1.29 is 4.79 Å². The summed E-state index contributed by atoms with van der Waals surface area (Å²) in [6.45, 7) is 6.80. The molecule has 1 aromatic rings. The van der Waals surface area contributed by atoms with Gasteiger partial charge in [-0.2, -0.15) is 0 Å². The van der Waals surface area contributed by atoms with Gasteiger partial charge in [0.2, 0.25) is 5.91 Å². The minimum Gasteiger partial charge on any atom is -0.336 e. The maximum Gasteiger partial charge on any atom is 0.244 e. The molecule has 1 aliphatic heterocycles. The molecule has 0 aliphatic carbocycles. The van der Waals surface area contributed by atoms with Crippen LogP contribution in [0.15, 0.2) is 30.3 Å². The molecule has 0 aromatic heterocycles. The minimum atomic E-state index is -0.917. The van der Waals surface area contributed by atoms with Crippen LogP contribution < -0.4 is 0 Å². The van der Waals surface area contributed by atoms with Gasteiger partial charge in [0.25, 0.3) is 0 Å². The monoisotopic (exact) mass is 299 g/mol. The lowest BCUT2D eigenvalue weighted by atomic mass is 9.86. The SMILES string of the molecule is CC(C)(Cl)[C@@H]1CN(Cc2ccccc2)C(=O)[C@@]1(C)Cl. The number of carbonyl (C=O) groups excluding carboxylic acids is 1. The standard InChI is InChI=1S/C15H19Cl2NO/c1-14(2,16)12-10-18(13(19)15(12,3)17)9-11-7-5-4-6-8-11/h4-8,12H,9-10H2,1-3H3/t12-,15-/m0/s1. The van der Waals surface area contributed by atoms with Crippen molar-refractivity contribution in [2.75, 3.05) is 6.54 Å². The molecule has 1 aliphatic rings. The summed E-state index contributed by atoms with van der Waals surface area (Å²) in [4.78, 5) is 12.8. The fraction of sp³-hybridized carbons (Fsp3) is 0.533. The normalized spacial score (nSPS) is 27.9. The summed E-state index contributed by atoms with van der Waals surface area (Å²) in [7, 11) is 0. The Hall–Kier alpha value is -0.730. The Morgan fingerprint density at radius 2 is 1.95 bits per heavy atom. The predicted molar refractivity (Wildman–Crippen MR) is 79.5 cm³/mol. The third-order valence-electron chi connectivity index (χ3n) is 3.81. The lowest BCUT2D eigenvalue weighted by Gasteiger charge is -2.30. The second-order valence-electron chi connectivity index (χ2n) is 5.86. The highest BCUT2D eigenvalue weighted by molar-refractivity contribution is 6.36. The number of nitrogens with zero attached hydrogens (tertiary/aromatic N) is 1. The quantitative estimate of drug-likeness (QED) is 0.780. The van der Waals surface area contributed by atoms with Crippen molar-refractivity contribution in [3.05, 3.63) is 35.9 Å². The van der Waals surface area contributed by atoms with E-state index in [1.54, 1.807) is 11.8 Å². The van der Waals surface area contributed by atoms with Crippen LogP contribution in [-0.4, -0.2) is 27.1 Å². The number of rotatable bonds is 3. The number of hydrogen-bond acceptors (Lipinski definition) is 1. The molecule has 0 radical (unpaired) electrons. The largest absolute Gasteiger partial charge is 0.336 e. The first-order valence-electron chi connectivity index (χ1n) is 6.44. The maximum atomic E-state index is 12.4. The molecule has 0 N–H and O–H groups in total. The van der Waals surface area contributed by atoms with Crippen LogP contribution >= 0.6 is 23.2 Å². The number of likely N-dealkylation sites (tertiary alicyclic amines) is 1. The van der Waals surface area contributed by atoms with Gasteiger partial charge in [-0.3, -0.25) is 4.79 Å². The summed E-state index contributed by atoms with van der Waals surface area (Å²) in [6.07, 6.45) is 0. The maximum absolute atomic E-state index is 12.4. The molecule has 1 aromatic carbocycles. The van der Waals surface area contributed by atoms with Gasteiger partial charge < -0.3 is 4.90 Å². The van der Waals surface area contributed by atoms with E-state index in [1.807, 2.05) is 44.2 Å². The molecule has 1 amide bonds. The van der Waals surface area contributed by atoms with E-state index in [-0.39, 0.29) is 11.8 Å². The Labute approximate surface area is 124 Å². The zero-order chi connectivity index (χ0) is 14.3. The zero-order valence-electron chi connectivity index (χ0n) is 11.5. The molecule has 2 atom stereocenters. The van der Waals surface area contributed by atoms with Crippen molar-refractivity contribution >= 4 is 29.1 Å². The Balaban J connectivity index is 2.19. The number of hydrogen-bond donors (Lipinski definition) is 0. The number of carbonyl (C=O) groups is 1. The van der Waals surface area contributed by atoms with E-state index in [9.17, 15) is 4.79 Å². The van der Waals surface area contributed by atoms with Crippen LogP contribution in [0.3, 0.4) is 0 Å². The van der Waals surface area contributed by atoms with Gasteiger partial charge in [0, 0.05) is 23.9 Å². The molecule has 2 rings (SSSR count). The van der Waals surface area contributed by atoms with Gasteiger partial charge >= 0.3 is 0 Å². The summed E-state index contributed by atoms with van der Waals surface area (Å²) in [5.74, 6) is -0.101. The first-order chi connectivity index (χ1) is 8.73. The van der Waals surface area contributed by atoms with Crippen LogP contribution in [0, 0.1) is 5.92 Å². The lowest BCUT2D eigenvalue weighted by molar-refractivity contribution is -0.130. The lowest BCUT2D eigenvalue weighted by Crippen LogP contribution is -2.41. The van der Waals surface area contributed by atoms with Crippen molar-refractivity contribution in [3.63, 3.8) is 0 Å². The van der Waals surface area contributed by atoms with Crippen molar-refractivity contribution in [1.29, 1.82) is 0 Å². The second kappa shape index (κ2) is 4.99. The average molecular weight is 300 g/mol. The Morgan fingerprint density at radius 1 is 1.37 bits per heavy atom. The first-order valence-corrected chi connectivity index (χ1v) is 7.19. The third-order valence-corrected chi connectivity index (χ3v) is 4.50. The minimum absolute atomic E-state index is 0.0308. The fourth-order valence-electron chi connectivity index (χ4n) is 2.73. The predicted octanol–water partition coefficient (Wildman–Crippen LogP) is 3.66. The summed E-state index contributed by atoms with van der Waals surface area (Å²) < 4.78 is 0. The van der Waals surface area contributed by atoms with E-state index in [2.05, 4.69) is 0 Å². The molecule has 0 spiro atoms. The fourth-order valence-corrected chi connectivity index (χ4v) is 3.54. The highest BCUT2D eigenvalue weighted by atomic mass is 35.5. The van der Waals surface area contributed by atoms with Crippen LogP contribution in [-0.2, 0) is 11.3 Å². The molecular weight excluding hydrogens is 281 g/mol. The van der Waals surface area contributed by atoms with E-state index in [4.69, 9.17) is 23.2 Å². The van der Waals surface area contributed by atoms with E-state index in [1.165, 1.54) is 0 Å². The van der Waals surface area contributed by atoms with Crippen LogP contribution in [0.5, 0.6) is 0 Å². The van der Waals surface area contributed by atoms with Crippen LogP contribution in [0.4, 0.5) is 0 Å². The summed E-state index contributed by atoms with van der Waals surface area (Å²) in [5, 5.41) is 0. The highest BCUT2D eigenvalue weighted by Gasteiger charge is 2.54. The Bertz CT molecular complexity index is 465. The molecule has 4 heteroatoms. The van der Waals surface area contributed by atoms with Crippen LogP contribution in [0.25, 0.3) is 0 Å². The molecule has 2 nitrogen and oxygen atoms in total. The topological polar surface area (TPSA) is 20.3 Å². The summed E-state index contributed by atoms with van der Waals surface area (Å²) in [6, 6.07) is 9.93.